The zero-order valence-electron chi connectivity index (χ0n) is 18.1. The number of nitrogens with zero attached hydrogens (tertiary/aromatic N) is 1. The van der Waals surface area contributed by atoms with Crippen LogP contribution in [-0.2, 0) is 6.54 Å². The lowest BCUT2D eigenvalue weighted by atomic mass is 10.1. The highest BCUT2D eigenvalue weighted by Gasteiger charge is 2.06. The lowest BCUT2D eigenvalue weighted by molar-refractivity contribution is 0.542. The summed E-state index contributed by atoms with van der Waals surface area (Å²) in [5.41, 5.74) is 2.74. The van der Waals surface area contributed by atoms with Gasteiger partial charge in [-0.1, -0.05) is 126 Å². The van der Waals surface area contributed by atoms with Crippen molar-refractivity contribution in [2.75, 3.05) is 11.4 Å². The molecule has 0 aliphatic heterocycles. The second-order valence-corrected chi connectivity index (χ2v) is 8.13. The molecular formula is C27H41N. The summed E-state index contributed by atoms with van der Waals surface area (Å²) < 4.78 is 0. The Morgan fingerprint density at radius 1 is 0.536 bits per heavy atom. The van der Waals surface area contributed by atoms with Crippen LogP contribution >= 0.6 is 0 Å². The predicted molar refractivity (Wildman–Crippen MR) is 125 cm³/mol. The van der Waals surface area contributed by atoms with Crippen molar-refractivity contribution in [1.82, 2.24) is 0 Å². The number of benzene rings is 2. The molecule has 0 bridgehead atoms. The Morgan fingerprint density at radius 2 is 1.00 bits per heavy atom. The summed E-state index contributed by atoms with van der Waals surface area (Å²) in [6.45, 7) is 4.44. The Hall–Kier alpha value is -1.76. The number of anilines is 1. The first-order valence-electron chi connectivity index (χ1n) is 11.7. The number of unbranched alkanes of at least 4 members (excludes halogenated alkanes) is 11. The molecule has 0 aliphatic rings. The van der Waals surface area contributed by atoms with Crippen LogP contribution in [0.25, 0.3) is 0 Å². The van der Waals surface area contributed by atoms with Crippen molar-refractivity contribution in [2.24, 2.45) is 0 Å². The van der Waals surface area contributed by atoms with Crippen LogP contribution in [0, 0.1) is 0 Å². The third-order valence-corrected chi connectivity index (χ3v) is 5.62. The molecule has 0 saturated carbocycles. The fraction of sp³-hybridized carbons (Fsp3) is 0.556. The van der Waals surface area contributed by atoms with E-state index >= 15 is 0 Å². The molecule has 0 unspecified atom stereocenters. The van der Waals surface area contributed by atoms with Gasteiger partial charge >= 0.3 is 0 Å². The van der Waals surface area contributed by atoms with Gasteiger partial charge in [-0.3, -0.25) is 0 Å². The normalized spacial score (nSPS) is 10.9. The molecule has 0 saturated heterocycles. The molecule has 1 heteroatoms. The van der Waals surface area contributed by atoms with E-state index in [4.69, 9.17) is 0 Å². The first kappa shape index (κ1) is 22.5. The molecule has 0 amide bonds. The maximum Gasteiger partial charge on any atom is 0.0429 e. The lowest BCUT2D eigenvalue weighted by Crippen LogP contribution is -2.23. The van der Waals surface area contributed by atoms with E-state index in [0.29, 0.717) is 0 Å². The molecule has 154 valence electrons. The van der Waals surface area contributed by atoms with E-state index in [1.165, 1.54) is 88.3 Å². The second-order valence-electron chi connectivity index (χ2n) is 8.13. The summed E-state index contributed by atoms with van der Waals surface area (Å²) in [6.07, 6.45) is 16.9. The Balaban J connectivity index is 1.59. The summed E-state index contributed by atoms with van der Waals surface area (Å²) in [5.74, 6) is 0. The van der Waals surface area contributed by atoms with Crippen LogP contribution in [0.4, 0.5) is 5.69 Å². The SMILES string of the molecule is CCCCCCCCCCCCCCN(Cc1ccccc1)c1ccccc1. The van der Waals surface area contributed by atoms with Crippen molar-refractivity contribution >= 4 is 5.69 Å². The van der Waals surface area contributed by atoms with Crippen LogP contribution in [0.3, 0.4) is 0 Å². The van der Waals surface area contributed by atoms with Gasteiger partial charge in [0.05, 0.1) is 0 Å². The zero-order valence-corrected chi connectivity index (χ0v) is 18.1. The summed E-state index contributed by atoms with van der Waals surface area (Å²) in [4.78, 5) is 2.53. The largest absolute Gasteiger partial charge is 0.367 e. The molecule has 2 aromatic rings. The van der Waals surface area contributed by atoms with Crippen molar-refractivity contribution in [1.29, 1.82) is 0 Å². The van der Waals surface area contributed by atoms with Crippen LogP contribution in [0.2, 0.25) is 0 Å². The van der Waals surface area contributed by atoms with Gasteiger partial charge in [-0.15, -0.1) is 0 Å². The van der Waals surface area contributed by atoms with E-state index in [9.17, 15) is 0 Å². The molecule has 0 aromatic heterocycles. The second kappa shape index (κ2) is 15.2. The zero-order chi connectivity index (χ0) is 19.7. The molecule has 1 nitrogen and oxygen atoms in total. The maximum atomic E-state index is 2.53. The Bertz CT molecular complexity index is 578. The molecule has 2 aromatic carbocycles. The number of hydrogen-bond donors (Lipinski definition) is 0. The van der Waals surface area contributed by atoms with Gasteiger partial charge in [-0.25, -0.2) is 0 Å². The van der Waals surface area contributed by atoms with Crippen LogP contribution in [0.15, 0.2) is 60.7 Å². The van der Waals surface area contributed by atoms with Crippen molar-refractivity contribution < 1.29 is 0 Å². The summed E-state index contributed by atoms with van der Waals surface area (Å²) in [5, 5.41) is 0. The van der Waals surface area contributed by atoms with Crippen LogP contribution in [0.1, 0.15) is 89.5 Å². The van der Waals surface area contributed by atoms with Crippen molar-refractivity contribution in [3.8, 4) is 0 Å². The third kappa shape index (κ3) is 9.97. The fourth-order valence-electron chi connectivity index (χ4n) is 3.89. The number of hydrogen-bond acceptors (Lipinski definition) is 1. The molecule has 0 atom stereocenters. The van der Waals surface area contributed by atoms with E-state index in [0.717, 1.165) is 13.1 Å². The average Bonchev–Trinajstić information content (AvgIpc) is 2.75. The van der Waals surface area contributed by atoms with Gasteiger partial charge < -0.3 is 4.90 Å². The number of rotatable bonds is 16. The van der Waals surface area contributed by atoms with E-state index < -0.39 is 0 Å². The van der Waals surface area contributed by atoms with E-state index in [1.54, 1.807) is 0 Å². The monoisotopic (exact) mass is 379 g/mol. The van der Waals surface area contributed by atoms with Gasteiger partial charge in [0.15, 0.2) is 0 Å². The predicted octanol–water partition coefficient (Wildman–Crippen LogP) is 8.39. The van der Waals surface area contributed by atoms with Crippen molar-refractivity contribution in [2.45, 2.75) is 90.5 Å². The van der Waals surface area contributed by atoms with Gasteiger partial charge in [0, 0.05) is 18.8 Å². The van der Waals surface area contributed by atoms with Crippen molar-refractivity contribution in [3.05, 3.63) is 66.2 Å². The highest BCUT2D eigenvalue weighted by atomic mass is 15.1. The average molecular weight is 380 g/mol. The van der Waals surface area contributed by atoms with Crippen LogP contribution in [0.5, 0.6) is 0 Å². The smallest absolute Gasteiger partial charge is 0.0429 e. The van der Waals surface area contributed by atoms with E-state index in [1.807, 2.05) is 0 Å². The molecule has 0 heterocycles. The molecule has 0 N–H and O–H groups in total. The van der Waals surface area contributed by atoms with E-state index in [-0.39, 0.29) is 0 Å². The van der Waals surface area contributed by atoms with Crippen LogP contribution < -0.4 is 4.90 Å². The fourth-order valence-corrected chi connectivity index (χ4v) is 3.89. The molecule has 28 heavy (non-hydrogen) atoms. The van der Waals surface area contributed by atoms with Gasteiger partial charge in [-0.2, -0.15) is 0 Å². The molecule has 0 aliphatic carbocycles. The third-order valence-electron chi connectivity index (χ3n) is 5.62. The molecule has 0 radical (unpaired) electrons. The standard InChI is InChI=1S/C27H41N/c1-2-3-4-5-6-7-8-9-10-11-12-19-24-28(27-22-17-14-18-23-27)25-26-20-15-13-16-21-26/h13-18,20-23H,2-12,19,24-25H2,1H3. The molecular weight excluding hydrogens is 338 g/mol. The maximum absolute atomic E-state index is 2.53. The Morgan fingerprint density at radius 3 is 1.54 bits per heavy atom. The summed E-state index contributed by atoms with van der Waals surface area (Å²) >= 11 is 0. The van der Waals surface area contributed by atoms with Gasteiger partial charge in [0.1, 0.15) is 0 Å². The quantitative estimate of drug-likeness (QED) is 0.265. The first-order chi connectivity index (χ1) is 13.9. The molecule has 2 rings (SSSR count). The first-order valence-corrected chi connectivity index (χ1v) is 11.7. The Kier molecular flexibility index (Phi) is 12.2. The van der Waals surface area contributed by atoms with Crippen molar-refractivity contribution in [3.63, 3.8) is 0 Å². The van der Waals surface area contributed by atoms with Gasteiger partial charge in [-0.05, 0) is 24.1 Å². The Labute approximate surface area is 174 Å². The molecule has 0 fully saturated rings. The highest BCUT2D eigenvalue weighted by Crippen LogP contribution is 2.18. The number of para-hydroxylation sites is 1. The topological polar surface area (TPSA) is 3.24 Å². The highest BCUT2D eigenvalue weighted by molar-refractivity contribution is 5.46. The minimum absolute atomic E-state index is 1.00. The summed E-state index contributed by atoms with van der Waals surface area (Å²) in [7, 11) is 0. The van der Waals surface area contributed by atoms with E-state index in [2.05, 4.69) is 72.5 Å². The minimum atomic E-state index is 1.00. The minimum Gasteiger partial charge on any atom is -0.367 e. The summed E-state index contributed by atoms with van der Waals surface area (Å²) in [6, 6.07) is 21.7. The van der Waals surface area contributed by atoms with Gasteiger partial charge in [0.2, 0.25) is 0 Å². The lowest BCUT2D eigenvalue weighted by Gasteiger charge is -2.25. The molecule has 0 spiro atoms. The van der Waals surface area contributed by atoms with Gasteiger partial charge in [0.25, 0.3) is 0 Å². The van der Waals surface area contributed by atoms with Crippen LogP contribution in [-0.4, -0.2) is 6.54 Å².